The Kier molecular flexibility index (Phi) is 11.4. The lowest BCUT2D eigenvalue weighted by atomic mass is 10.2. The molecule has 0 aromatic heterocycles. The highest BCUT2D eigenvalue weighted by Gasteiger charge is 2.41. The summed E-state index contributed by atoms with van der Waals surface area (Å²) in [6.07, 6.45) is 0. The molecule has 8 nitrogen and oxygen atoms in total. The van der Waals surface area contributed by atoms with Crippen LogP contribution in [0.2, 0.25) is 10.0 Å². The number of hydrogen-bond acceptors (Lipinski definition) is 8. The number of alkyl halides is 8. The van der Waals surface area contributed by atoms with Gasteiger partial charge in [-0.3, -0.25) is 0 Å². The first-order valence-electron chi connectivity index (χ1n) is 8.84. The van der Waals surface area contributed by atoms with E-state index >= 15 is 0 Å². The third kappa shape index (κ3) is 9.04. The van der Waals surface area contributed by atoms with Crippen molar-refractivity contribution in [3.63, 3.8) is 0 Å². The van der Waals surface area contributed by atoms with Crippen LogP contribution in [-0.2, 0) is 19.2 Å². The van der Waals surface area contributed by atoms with Gasteiger partial charge in [0, 0.05) is 0 Å². The third-order valence-electron chi connectivity index (χ3n) is 3.42. The predicted octanol–water partition coefficient (Wildman–Crippen LogP) is 7.39. The maximum absolute atomic E-state index is 12.4. The monoisotopic (exact) mass is 706 g/mol. The van der Waals surface area contributed by atoms with E-state index in [1.807, 2.05) is 0 Å². The molecule has 1 aromatic rings. The standard InChI is InChI=1S/C18H12Cl10O8/c1-15(21,22)11(29)33-7-5(19)9(35-13(31)17(3,25)26)10(36-14(32)18(4,27)28)6(20)8(7)34-12(30)16(2,23)24/h1-4H3. The Hall–Kier alpha value is -0.000000000000000333. The van der Waals surface area contributed by atoms with Crippen molar-refractivity contribution in [3.8, 4) is 23.0 Å². The summed E-state index contributed by atoms with van der Waals surface area (Å²) in [5, 5.41) is -1.70. The maximum Gasteiger partial charge on any atom is 0.347 e. The van der Waals surface area contributed by atoms with Crippen molar-refractivity contribution in [1.29, 1.82) is 0 Å². The Morgan fingerprint density at radius 3 is 0.694 bits per heavy atom. The second kappa shape index (κ2) is 12.0. The summed E-state index contributed by atoms with van der Waals surface area (Å²) in [5.74, 6) is -9.02. The van der Waals surface area contributed by atoms with E-state index in [9.17, 15) is 19.2 Å². The Morgan fingerprint density at radius 1 is 0.444 bits per heavy atom. The summed E-state index contributed by atoms with van der Waals surface area (Å²) in [6.45, 7) is 4.11. The van der Waals surface area contributed by atoms with Crippen LogP contribution < -0.4 is 18.9 Å². The first-order valence-corrected chi connectivity index (χ1v) is 12.6. The lowest BCUT2D eigenvalue weighted by Gasteiger charge is -2.23. The van der Waals surface area contributed by atoms with E-state index in [4.69, 9.17) is 135 Å². The number of rotatable bonds is 8. The van der Waals surface area contributed by atoms with Crippen molar-refractivity contribution in [1.82, 2.24) is 0 Å². The molecule has 1 rings (SSSR count). The minimum Gasteiger partial charge on any atom is -0.418 e. The second-order valence-electron chi connectivity index (χ2n) is 7.06. The highest BCUT2D eigenvalue weighted by Crippen LogP contribution is 2.55. The molecule has 0 bridgehead atoms. The molecule has 0 fully saturated rings. The molecule has 0 aliphatic rings. The van der Waals surface area contributed by atoms with Gasteiger partial charge in [0.1, 0.15) is 10.0 Å². The van der Waals surface area contributed by atoms with Crippen molar-refractivity contribution < 1.29 is 38.1 Å². The molecule has 0 saturated heterocycles. The Bertz CT molecular complexity index is 912. The predicted molar refractivity (Wildman–Crippen MR) is 139 cm³/mol. The fraction of sp³-hybridized carbons (Fsp3) is 0.444. The molecule has 0 heterocycles. The van der Waals surface area contributed by atoms with Crippen LogP contribution in [-0.4, -0.2) is 41.2 Å². The second-order valence-corrected chi connectivity index (χ2v) is 14.6. The molecular formula is C18H12Cl10O8. The van der Waals surface area contributed by atoms with Crippen molar-refractivity contribution in [2.45, 2.75) is 45.0 Å². The van der Waals surface area contributed by atoms with Crippen LogP contribution in [0, 0.1) is 0 Å². The van der Waals surface area contributed by atoms with Gasteiger partial charge in [0.25, 0.3) is 0 Å². The zero-order chi connectivity index (χ0) is 28.6. The summed E-state index contributed by atoms with van der Waals surface area (Å²) < 4.78 is 11.5. The fourth-order valence-electron chi connectivity index (χ4n) is 1.70. The zero-order valence-electron chi connectivity index (χ0n) is 18.0. The van der Waals surface area contributed by atoms with Crippen molar-refractivity contribution in [2.24, 2.45) is 0 Å². The Labute approximate surface area is 254 Å². The average molecular weight is 711 g/mol. The highest BCUT2D eigenvalue weighted by atomic mass is 35.5. The smallest absolute Gasteiger partial charge is 0.347 e. The van der Waals surface area contributed by atoms with Gasteiger partial charge < -0.3 is 18.9 Å². The molecule has 0 spiro atoms. The van der Waals surface area contributed by atoms with Gasteiger partial charge >= 0.3 is 23.9 Å². The topological polar surface area (TPSA) is 105 Å². The van der Waals surface area contributed by atoms with Gasteiger partial charge in [0.2, 0.25) is 17.3 Å². The van der Waals surface area contributed by atoms with Gasteiger partial charge in [-0.05, 0) is 27.7 Å². The molecule has 18 heteroatoms. The zero-order valence-corrected chi connectivity index (χ0v) is 25.6. The van der Waals surface area contributed by atoms with Crippen LogP contribution in [0.3, 0.4) is 0 Å². The van der Waals surface area contributed by atoms with E-state index in [0.29, 0.717) is 0 Å². The summed E-state index contributed by atoms with van der Waals surface area (Å²) in [7, 11) is 0. The molecule has 0 atom stereocenters. The van der Waals surface area contributed by atoms with Gasteiger partial charge in [0.15, 0.2) is 23.0 Å². The normalized spacial score (nSPS) is 12.6. The van der Waals surface area contributed by atoms with Gasteiger partial charge in [-0.1, -0.05) is 116 Å². The molecule has 0 aliphatic carbocycles. The van der Waals surface area contributed by atoms with E-state index in [0.717, 1.165) is 27.7 Å². The summed E-state index contributed by atoms with van der Waals surface area (Å²) >= 11 is 58.4. The Balaban J connectivity index is 4.03. The largest absolute Gasteiger partial charge is 0.418 e. The summed E-state index contributed by atoms with van der Waals surface area (Å²) in [4.78, 5) is 49.5. The van der Waals surface area contributed by atoms with E-state index in [1.54, 1.807) is 0 Å². The number of halogens is 10. The van der Waals surface area contributed by atoms with E-state index in [2.05, 4.69) is 0 Å². The number of carbonyl (C=O) groups is 4. The first kappa shape index (κ1) is 34.0. The molecular weight excluding hydrogens is 699 g/mol. The molecule has 0 radical (unpaired) electrons. The molecule has 0 amide bonds. The lowest BCUT2D eigenvalue weighted by molar-refractivity contribution is -0.138. The number of ether oxygens (including phenoxy) is 4. The molecule has 0 aliphatic heterocycles. The minimum atomic E-state index is -2.17. The van der Waals surface area contributed by atoms with Gasteiger partial charge in [-0.15, -0.1) is 0 Å². The quantitative estimate of drug-likeness (QED) is 0.156. The number of hydrogen-bond donors (Lipinski definition) is 0. The summed E-state index contributed by atoms with van der Waals surface area (Å²) in [5.41, 5.74) is 0. The van der Waals surface area contributed by atoms with E-state index < -0.39 is 74.3 Å². The van der Waals surface area contributed by atoms with Gasteiger partial charge in [-0.25, -0.2) is 19.2 Å². The molecule has 1 aromatic carbocycles. The molecule has 202 valence electrons. The lowest BCUT2D eigenvalue weighted by Crippen LogP contribution is -2.31. The van der Waals surface area contributed by atoms with E-state index in [1.165, 1.54) is 0 Å². The van der Waals surface area contributed by atoms with Crippen LogP contribution in [0.5, 0.6) is 23.0 Å². The molecule has 0 saturated carbocycles. The van der Waals surface area contributed by atoms with Crippen LogP contribution >= 0.6 is 116 Å². The highest BCUT2D eigenvalue weighted by molar-refractivity contribution is 6.59. The number of carbonyl (C=O) groups excluding carboxylic acids is 4. The molecule has 0 unspecified atom stereocenters. The van der Waals surface area contributed by atoms with Crippen LogP contribution in [0.1, 0.15) is 27.7 Å². The number of benzene rings is 1. The van der Waals surface area contributed by atoms with Gasteiger partial charge in [-0.2, -0.15) is 0 Å². The van der Waals surface area contributed by atoms with Crippen LogP contribution in [0.4, 0.5) is 0 Å². The average Bonchev–Trinajstić information content (AvgIpc) is 2.67. The van der Waals surface area contributed by atoms with Crippen LogP contribution in [0.15, 0.2) is 0 Å². The SMILES string of the molecule is CC(Cl)(Cl)C(=O)Oc1c(Cl)c(OC(=O)C(C)(Cl)Cl)c(OC(=O)C(C)(Cl)Cl)c(Cl)c1OC(=O)C(C)(Cl)Cl. The maximum atomic E-state index is 12.4. The van der Waals surface area contributed by atoms with Crippen molar-refractivity contribution in [3.05, 3.63) is 10.0 Å². The van der Waals surface area contributed by atoms with Crippen molar-refractivity contribution >= 4 is 140 Å². The third-order valence-corrected chi connectivity index (χ3v) is 5.34. The number of esters is 4. The minimum absolute atomic E-state index is 0.849. The molecule has 0 N–H and O–H groups in total. The fourth-order valence-corrected chi connectivity index (χ4v) is 2.50. The Morgan fingerprint density at radius 2 is 0.583 bits per heavy atom. The van der Waals surface area contributed by atoms with Crippen LogP contribution in [0.25, 0.3) is 0 Å². The van der Waals surface area contributed by atoms with Crippen molar-refractivity contribution in [2.75, 3.05) is 0 Å². The van der Waals surface area contributed by atoms with E-state index in [-0.39, 0.29) is 0 Å². The first-order chi connectivity index (χ1) is 15.9. The summed E-state index contributed by atoms with van der Waals surface area (Å²) in [6, 6.07) is 0. The molecule has 36 heavy (non-hydrogen) atoms. The van der Waals surface area contributed by atoms with Gasteiger partial charge in [0.05, 0.1) is 0 Å².